The first-order chi connectivity index (χ1) is 10.4. The Balaban J connectivity index is 1.91. The van der Waals surface area contributed by atoms with Crippen molar-refractivity contribution in [2.45, 2.75) is 33.0 Å². The fourth-order valence-electron chi connectivity index (χ4n) is 3.05. The van der Waals surface area contributed by atoms with Gasteiger partial charge in [-0.25, -0.2) is 9.97 Å². The van der Waals surface area contributed by atoms with E-state index >= 15 is 0 Å². The molecular weight excluding hydrogens is 260 g/mol. The molecule has 0 amide bonds. The van der Waals surface area contributed by atoms with Crippen molar-refractivity contribution in [3.63, 3.8) is 0 Å². The van der Waals surface area contributed by atoms with Crippen LogP contribution in [0.2, 0.25) is 0 Å². The zero-order chi connectivity index (χ0) is 14.2. The Morgan fingerprint density at radius 1 is 1.19 bits per heavy atom. The van der Waals surface area contributed by atoms with Gasteiger partial charge in [-0.3, -0.25) is 0 Å². The van der Waals surface area contributed by atoms with E-state index in [4.69, 9.17) is 4.98 Å². The van der Waals surface area contributed by atoms with Crippen LogP contribution < -0.4 is 5.32 Å². The van der Waals surface area contributed by atoms with Gasteiger partial charge in [0.25, 0.3) is 0 Å². The number of imidazole rings is 1. The van der Waals surface area contributed by atoms with Crippen LogP contribution in [0.4, 0.5) is 0 Å². The number of pyridine rings is 1. The third-order valence-electron chi connectivity index (χ3n) is 4.05. The van der Waals surface area contributed by atoms with Crippen molar-refractivity contribution in [1.29, 1.82) is 0 Å². The summed E-state index contributed by atoms with van der Waals surface area (Å²) in [5.74, 6) is 1.03. The summed E-state index contributed by atoms with van der Waals surface area (Å²) in [6.45, 7) is 5.06. The number of benzene rings is 1. The van der Waals surface area contributed by atoms with Crippen LogP contribution in [-0.2, 0) is 19.6 Å². The van der Waals surface area contributed by atoms with Gasteiger partial charge in [-0.1, -0.05) is 19.1 Å². The lowest BCUT2D eigenvalue weighted by molar-refractivity contribution is 0.698. The molecular formula is C17H18N4. The number of fused-ring (bicyclic) bond motifs is 2. The highest BCUT2D eigenvalue weighted by Gasteiger charge is 2.16. The molecule has 3 heterocycles. The van der Waals surface area contributed by atoms with Crippen molar-refractivity contribution in [2.24, 2.45) is 0 Å². The van der Waals surface area contributed by atoms with Crippen LogP contribution in [0.5, 0.6) is 0 Å². The second kappa shape index (κ2) is 4.97. The first-order valence-electron chi connectivity index (χ1n) is 7.51. The molecule has 4 heteroatoms. The molecule has 0 aliphatic carbocycles. The maximum absolute atomic E-state index is 4.81. The fraction of sp³-hybridized carbons (Fsp3) is 0.294. The van der Waals surface area contributed by atoms with E-state index in [0.29, 0.717) is 0 Å². The molecule has 0 saturated carbocycles. The van der Waals surface area contributed by atoms with Crippen LogP contribution in [0.15, 0.2) is 36.5 Å². The van der Waals surface area contributed by atoms with E-state index in [1.54, 1.807) is 0 Å². The maximum Gasteiger partial charge on any atom is 0.160 e. The maximum atomic E-state index is 4.81. The van der Waals surface area contributed by atoms with Gasteiger partial charge >= 0.3 is 0 Å². The predicted octanol–water partition coefficient (Wildman–Crippen LogP) is 3.11. The third kappa shape index (κ3) is 2.03. The van der Waals surface area contributed by atoms with Crippen LogP contribution in [0.3, 0.4) is 0 Å². The topological polar surface area (TPSA) is 42.7 Å². The second-order valence-corrected chi connectivity index (χ2v) is 5.52. The Labute approximate surface area is 123 Å². The van der Waals surface area contributed by atoms with Crippen molar-refractivity contribution in [2.75, 3.05) is 0 Å². The lowest BCUT2D eigenvalue weighted by Gasteiger charge is -2.08. The largest absolute Gasteiger partial charge is 0.309 e. The van der Waals surface area contributed by atoms with Gasteiger partial charge in [-0.05, 0) is 35.7 Å². The highest BCUT2D eigenvalue weighted by Crippen LogP contribution is 2.27. The zero-order valence-electron chi connectivity index (χ0n) is 12.1. The summed E-state index contributed by atoms with van der Waals surface area (Å²) < 4.78 is 2.24. The van der Waals surface area contributed by atoms with E-state index in [9.17, 15) is 0 Å². The van der Waals surface area contributed by atoms with Gasteiger partial charge in [0.05, 0.1) is 0 Å². The number of hydrogen-bond donors (Lipinski definition) is 1. The molecule has 0 radical (unpaired) electrons. The van der Waals surface area contributed by atoms with Crippen molar-refractivity contribution in [3.8, 4) is 11.4 Å². The molecule has 0 atom stereocenters. The summed E-state index contributed by atoms with van der Waals surface area (Å²) in [6, 6.07) is 10.6. The molecule has 106 valence electrons. The number of aryl methyl sites for hydroxylation is 1. The van der Waals surface area contributed by atoms with Crippen LogP contribution in [-0.4, -0.2) is 14.5 Å². The van der Waals surface area contributed by atoms with Crippen LogP contribution in [0.1, 0.15) is 24.5 Å². The Morgan fingerprint density at radius 2 is 2.10 bits per heavy atom. The third-order valence-corrected chi connectivity index (χ3v) is 4.05. The van der Waals surface area contributed by atoms with Gasteiger partial charge in [0.2, 0.25) is 0 Å². The molecule has 1 aromatic carbocycles. The molecule has 3 aromatic rings. The lowest BCUT2D eigenvalue weighted by Crippen LogP contribution is -2.01. The van der Waals surface area contributed by atoms with Crippen molar-refractivity contribution in [1.82, 2.24) is 19.9 Å². The van der Waals surface area contributed by atoms with Gasteiger partial charge in [-0.15, -0.1) is 0 Å². The average Bonchev–Trinajstić information content (AvgIpc) is 3.11. The Bertz CT molecular complexity index is 804. The highest BCUT2D eigenvalue weighted by molar-refractivity contribution is 5.77. The first kappa shape index (κ1) is 12.5. The second-order valence-electron chi connectivity index (χ2n) is 5.52. The Hall–Kier alpha value is -2.20. The smallest absolute Gasteiger partial charge is 0.160 e. The standard InChI is InChI=1S/C17H18N4/c1-2-8-21-16(20-15-4-3-7-19-17(15)21)12-5-6-13-10-18-11-14(13)9-12/h3-7,9,18H,2,8,10-11H2,1H3. The summed E-state index contributed by atoms with van der Waals surface area (Å²) in [6.07, 6.45) is 2.91. The molecule has 2 aromatic heterocycles. The van der Waals surface area contributed by atoms with Gasteiger partial charge in [0.1, 0.15) is 11.3 Å². The van der Waals surface area contributed by atoms with Gasteiger partial charge in [-0.2, -0.15) is 0 Å². The first-order valence-corrected chi connectivity index (χ1v) is 7.51. The average molecular weight is 278 g/mol. The summed E-state index contributed by atoms with van der Waals surface area (Å²) in [4.78, 5) is 9.31. The normalized spacial score (nSPS) is 13.8. The van der Waals surface area contributed by atoms with E-state index in [1.165, 1.54) is 16.7 Å². The van der Waals surface area contributed by atoms with Crippen molar-refractivity contribution in [3.05, 3.63) is 47.7 Å². The molecule has 1 N–H and O–H groups in total. The van der Waals surface area contributed by atoms with Crippen LogP contribution in [0, 0.1) is 0 Å². The summed E-state index contributed by atoms with van der Waals surface area (Å²) in [7, 11) is 0. The molecule has 1 aliphatic rings. The van der Waals surface area contributed by atoms with E-state index in [2.05, 4.69) is 40.0 Å². The van der Waals surface area contributed by atoms with Gasteiger partial charge in [0, 0.05) is 31.4 Å². The lowest BCUT2D eigenvalue weighted by atomic mass is 10.1. The number of rotatable bonds is 3. The zero-order valence-corrected chi connectivity index (χ0v) is 12.1. The molecule has 0 fully saturated rings. The number of aromatic nitrogens is 3. The molecule has 4 nitrogen and oxygen atoms in total. The molecule has 21 heavy (non-hydrogen) atoms. The molecule has 0 bridgehead atoms. The molecule has 4 rings (SSSR count). The number of nitrogens with one attached hydrogen (secondary N) is 1. The van der Waals surface area contributed by atoms with Crippen molar-refractivity contribution < 1.29 is 0 Å². The number of hydrogen-bond acceptors (Lipinski definition) is 3. The fourth-order valence-corrected chi connectivity index (χ4v) is 3.05. The Kier molecular flexibility index (Phi) is 2.97. The van der Waals surface area contributed by atoms with E-state index in [-0.39, 0.29) is 0 Å². The monoisotopic (exact) mass is 278 g/mol. The molecule has 1 aliphatic heterocycles. The minimum Gasteiger partial charge on any atom is -0.309 e. The minimum absolute atomic E-state index is 0.943. The molecule has 0 saturated heterocycles. The highest BCUT2D eigenvalue weighted by atomic mass is 15.1. The minimum atomic E-state index is 0.943. The summed E-state index contributed by atoms with van der Waals surface area (Å²) >= 11 is 0. The van der Waals surface area contributed by atoms with Gasteiger partial charge in [0.15, 0.2) is 5.65 Å². The van der Waals surface area contributed by atoms with Gasteiger partial charge < -0.3 is 9.88 Å². The predicted molar refractivity (Wildman–Crippen MR) is 83.8 cm³/mol. The molecule has 0 spiro atoms. The SMILES string of the molecule is CCCn1c(-c2ccc3c(c2)CNC3)nc2cccnc21. The van der Waals surface area contributed by atoms with E-state index in [1.807, 2.05) is 18.3 Å². The summed E-state index contributed by atoms with van der Waals surface area (Å²) in [5.41, 5.74) is 5.92. The van der Waals surface area contributed by atoms with Crippen molar-refractivity contribution >= 4 is 11.2 Å². The quantitative estimate of drug-likeness (QED) is 0.800. The number of nitrogens with zero attached hydrogens (tertiary/aromatic N) is 3. The van der Waals surface area contributed by atoms with E-state index in [0.717, 1.165) is 43.0 Å². The molecule has 0 unspecified atom stereocenters. The van der Waals surface area contributed by atoms with Crippen LogP contribution in [0.25, 0.3) is 22.6 Å². The van der Waals surface area contributed by atoms with Crippen LogP contribution >= 0.6 is 0 Å². The Morgan fingerprint density at radius 3 is 3.00 bits per heavy atom. The van der Waals surface area contributed by atoms with E-state index < -0.39 is 0 Å². The summed E-state index contributed by atoms with van der Waals surface area (Å²) in [5, 5.41) is 3.39.